The molecule has 0 aromatic heterocycles. The van der Waals surface area contributed by atoms with Crippen LogP contribution in [0.3, 0.4) is 0 Å². The minimum Gasteiger partial charge on any atom is -0.493 e. The number of carbonyl (C=O) groups excluding carboxylic acids is 2. The molecule has 0 spiro atoms. The number of unbranched alkanes of at least 4 members (excludes halogenated alkanes) is 7. The summed E-state index contributed by atoms with van der Waals surface area (Å²) in [6.45, 7) is 2.59. The molecule has 0 aliphatic heterocycles. The van der Waals surface area contributed by atoms with Gasteiger partial charge < -0.3 is 4.74 Å². The van der Waals surface area contributed by atoms with Gasteiger partial charge in [-0.05, 0) is 36.2 Å². The largest absolute Gasteiger partial charge is 0.493 e. The third-order valence-electron chi connectivity index (χ3n) is 6.06. The van der Waals surface area contributed by atoms with Crippen molar-refractivity contribution in [2.45, 2.75) is 58.3 Å². The fourth-order valence-electron chi connectivity index (χ4n) is 4.09. The number of hydrogen-bond donors (Lipinski definition) is 0. The fraction of sp³-hybridized carbons (Fsp3) is 0.333. The molecule has 0 aliphatic carbocycles. The molecule has 0 bridgehead atoms. The Bertz CT molecular complexity index is 1200. The Hall–Kier alpha value is -4.20. The van der Waals surface area contributed by atoms with Crippen molar-refractivity contribution in [2.24, 2.45) is 0 Å². The molecule has 0 aliphatic rings. The maximum atomic E-state index is 12.8. The molecule has 38 heavy (non-hydrogen) atoms. The van der Waals surface area contributed by atoms with Crippen LogP contribution in [-0.4, -0.2) is 23.5 Å². The van der Waals surface area contributed by atoms with E-state index >= 15 is 0 Å². The third-order valence-corrected chi connectivity index (χ3v) is 6.06. The summed E-state index contributed by atoms with van der Waals surface area (Å²) in [5.74, 6) is -1.76. The van der Waals surface area contributed by atoms with E-state index in [2.05, 4.69) is 11.8 Å². The second-order valence-electron chi connectivity index (χ2n) is 8.89. The van der Waals surface area contributed by atoms with Gasteiger partial charge in [-0.25, -0.2) is 19.4 Å². The smallest absolute Gasteiger partial charge is 0.393 e. The van der Waals surface area contributed by atoms with Crippen LogP contribution >= 0.6 is 0 Å². The van der Waals surface area contributed by atoms with Crippen LogP contribution in [-0.2, 0) is 9.78 Å². The lowest BCUT2D eigenvalue weighted by atomic mass is 9.99. The predicted molar refractivity (Wildman–Crippen MR) is 144 cm³/mol. The average Bonchev–Trinajstić information content (AvgIpc) is 2.95. The Labute approximate surface area is 222 Å². The van der Waals surface area contributed by atoms with E-state index in [9.17, 15) is 19.7 Å². The van der Waals surface area contributed by atoms with Crippen molar-refractivity contribution in [3.05, 3.63) is 94.0 Å². The molecule has 0 saturated heterocycles. The number of hydrogen-bond acceptors (Lipinski definition) is 7. The van der Waals surface area contributed by atoms with Crippen molar-refractivity contribution in [3.8, 4) is 16.9 Å². The van der Waals surface area contributed by atoms with E-state index < -0.39 is 22.5 Å². The Balaban J connectivity index is 1.75. The van der Waals surface area contributed by atoms with E-state index in [1.165, 1.54) is 56.4 Å². The summed E-state index contributed by atoms with van der Waals surface area (Å²) >= 11 is 0. The highest BCUT2D eigenvalue weighted by atomic mass is 17.2. The fourth-order valence-corrected chi connectivity index (χ4v) is 4.09. The SMILES string of the molecule is CCCCCCCCCCOc1ccc(C(=O)OOC(=O)c2ccccc2)c([N+](=O)[O-])c1-c1ccccc1. The molecular weight excluding hydrogens is 486 g/mol. The highest BCUT2D eigenvalue weighted by Gasteiger charge is 2.31. The first-order chi connectivity index (χ1) is 18.5. The number of ether oxygens (including phenoxy) is 1. The van der Waals surface area contributed by atoms with Gasteiger partial charge in [-0.3, -0.25) is 10.1 Å². The van der Waals surface area contributed by atoms with Gasteiger partial charge in [-0.2, -0.15) is 0 Å². The highest BCUT2D eigenvalue weighted by Crippen LogP contribution is 2.41. The Morgan fingerprint density at radius 3 is 1.95 bits per heavy atom. The van der Waals surface area contributed by atoms with Gasteiger partial charge in [0.15, 0.2) is 0 Å². The zero-order valence-corrected chi connectivity index (χ0v) is 21.6. The number of carbonyl (C=O) groups is 2. The van der Waals surface area contributed by atoms with Crippen LogP contribution in [0.15, 0.2) is 72.8 Å². The maximum absolute atomic E-state index is 12.8. The summed E-state index contributed by atoms with van der Waals surface area (Å²) in [4.78, 5) is 45.8. The van der Waals surface area contributed by atoms with E-state index in [4.69, 9.17) is 9.62 Å². The maximum Gasteiger partial charge on any atom is 0.393 e. The molecule has 3 aromatic carbocycles. The van der Waals surface area contributed by atoms with Gasteiger partial charge in [0.05, 0.1) is 17.1 Å². The van der Waals surface area contributed by atoms with Crippen LogP contribution in [0.25, 0.3) is 11.1 Å². The minimum atomic E-state index is -1.16. The first-order valence-corrected chi connectivity index (χ1v) is 13.0. The molecule has 0 radical (unpaired) electrons. The highest BCUT2D eigenvalue weighted by molar-refractivity contribution is 5.99. The lowest BCUT2D eigenvalue weighted by Gasteiger charge is -2.14. The molecule has 8 heteroatoms. The van der Waals surface area contributed by atoms with E-state index in [0.717, 1.165) is 19.3 Å². The van der Waals surface area contributed by atoms with Gasteiger partial charge in [-0.15, -0.1) is 0 Å². The quantitative estimate of drug-likeness (QED) is 0.0929. The standard InChI is InChI=1S/C30H33NO7/c1-2-3-4-5-6-7-8-15-22-36-26-21-20-25(28(31(34)35)27(26)23-16-11-9-12-17-23)30(33)38-37-29(32)24-18-13-10-14-19-24/h9-14,16-21H,2-8,15,22H2,1H3. The monoisotopic (exact) mass is 519 g/mol. The number of nitro benzene ring substituents is 1. The number of benzene rings is 3. The molecule has 3 rings (SSSR count). The molecular formula is C30H33NO7. The summed E-state index contributed by atoms with van der Waals surface area (Å²) in [5, 5.41) is 12.2. The molecule has 0 saturated carbocycles. The van der Waals surface area contributed by atoms with Crippen LogP contribution in [0.2, 0.25) is 0 Å². The summed E-state index contributed by atoms with van der Waals surface area (Å²) in [7, 11) is 0. The van der Waals surface area contributed by atoms with Crippen molar-refractivity contribution in [1.29, 1.82) is 0 Å². The summed E-state index contributed by atoms with van der Waals surface area (Å²) in [6.07, 6.45) is 9.11. The van der Waals surface area contributed by atoms with Crippen molar-refractivity contribution in [3.63, 3.8) is 0 Å². The van der Waals surface area contributed by atoms with Crippen LogP contribution in [0.1, 0.15) is 79.0 Å². The molecule has 200 valence electrons. The second-order valence-corrected chi connectivity index (χ2v) is 8.89. The van der Waals surface area contributed by atoms with Crippen molar-refractivity contribution in [1.82, 2.24) is 0 Å². The molecule has 0 amide bonds. The molecule has 0 fully saturated rings. The third kappa shape index (κ3) is 8.16. The van der Waals surface area contributed by atoms with E-state index in [1.54, 1.807) is 48.5 Å². The summed E-state index contributed by atoms with van der Waals surface area (Å²) in [5.41, 5.74) is 0.0177. The molecule has 8 nitrogen and oxygen atoms in total. The Morgan fingerprint density at radius 2 is 1.32 bits per heavy atom. The Kier molecular flexibility index (Phi) is 11.3. The van der Waals surface area contributed by atoms with Gasteiger partial charge in [0.2, 0.25) is 0 Å². The van der Waals surface area contributed by atoms with Crippen molar-refractivity contribution < 1.29 is 29.0 Å². The number of nitro groups is 1. The molecule has 0 unspecified atom stereocenters. The van der Waals surface area contributed by atoms with Crippen molar-refractivity contribution in [2.75, 3.05) is 6.61 Å². The van der Waals surface area contributed by atoms with E-state index in [0.29, 0.717) is 17.9 Å². The molecule has 0 atom stereocenters. The first-order valence-electron chi connectivity index (χ1n) is 13.0. The van der Waals surface area contributed by atoms with Crippen LogP contribution in [0, 0.1) is 10.1 Å². The summed E-state index contributed by atoms with van der Waals surface area (Å²) < 4.78 is 5.98. The van der Waals surface area contributed by atoms with Crippen LogP contribution in [0.4, 0.5) is 5.69 Å². The zero-order chi connectivity index (χ0) is 27.2. The average molecular weight is 520 g/mol. The molecule has 0 heterocycles. The summed E-state index contributed by atoms with van der Waals surface area (Å²) in [6, 6.07) is 19.4. The van der Waals surface area contributed by atoms with Gasteiger partial charge in [0.25, 0.3) is 5.69 Å². The zero-order valence-electron chi connectivity index (χ0n) is 21.6. The topological polar surface area (TPSA) is 105 Å². The minimum absolute atomic E-state index is 0.166. The molecule has 0 N–H and O–H groups in total. The lowest BCUT2D eigenvalue weighted by Crippen LogP contribution is -2.14. The second kappa shape index (κ2) is 15.1. The van der Waals surface area contributed by atoms with Gasteiger partial charge >= 0.3 is 11.9 Å². The van der Waals surface area contributed by atoms with Gasteiger partial charge in [-0.1, -0.05) is 100 Å². The predicted octanol–water partition coefficient (Wildman–Crippen LogP) is 7.71. The van der Waals surface area contributed by atoms with E-state index in [1.807, 2.05) is 0 Å². The van der Waals surface area contributed by atoms with Crippen molar-refractivity contribution >= 4 is 17.6 Å². The van der Waals surface area contributed by atoms with Crippen LogP contribution < -0.4 is 4.74 Å². The first kappa shape index (κ1) is 28.4. The Morgan fingerprint density at radius 1 is 0.737 bits per heavy atom. The van der Waals surface area contributed by atoms with Crippen LogP contribution in [0.5, 0.6) is 5.75 Å². The van der Waals surface area contributed by atoms with E-state index in [-0.39, 0.29) is 16.7 Å². The molecule has 3 aromatic rings. The lowest BCUT2D eigenvalue weighted by molar-refractivity contribution is -0.384. The normalized spacial score (nSPS) is 10.6. The number of rotatable bonds is 14. The van der Waals surface area contributed by atoms with Gasteiger partial charge in [0.1, 0.15) is 16.9 Å². The van der Waals surface area contributed by atoms with Gasteiger partial charge in [0, 0.05) is 0 Å². The number of nitrogens with zero attached hydrogens (tertiary/aromatic N) is 1.